The van der Waals surface area contributed by atoms with Gasteiger partial charge in [-0.2, -0.15) is 0 Å². The van der Waals surface area contributed by atoms with Crippen molar-refractivity contribution in [2.45, 2.75) is 56.7 Å². The summed E-state index contributed by atoms with van der Waals surface area (Å²) in [6.45, 7) is 0.718. The fourth-order valence-corrected chi connectivity index (χ4v) is 5.98. The summed E-state index contributed by atoms with van der Waals surface area (Å²) in [6, 6.07) is 23.8. The van der Waals surface area contributed by atoms with Crippen LogP contribution in [0.5, 0.6) is 23.0 Å². The lowest BCUT2D eigenvalue weighted by molar-refractivity contribution is 0.0707. The van der Waals surface area contributed by atoms with Crippen molar-refractivity contribution in [2.24, 2.45) is 0 Å². The number of rotatable bonds is 9. The highest BCUT2D eigenvalue weighted by molar-refractivity contribution is 5.45. The molecule has 3 heterocycles. The van der Waals surface area contributed by atoms with Gasteiger partial charge in [0.05, 0.1) is 12.6 Å². The average Bonchev–Trinajstić information content (AvgIpc) is 3.67. The number of hydrogen-bond acceptors (Lipinski definition) is 6. The molecular formula is C30H33NO5. The molecule has 1 saturated heterocycles. The molecule has 1 fully saturated rings. The number of ether oxygens (including phenoxy) is 4. The number of aliphatic hydroxyl groups excluding tert-OH is 1. The van der Waals surface area contributed by atoms with Gasteiger partial charge in [-0.25, -0.2) is 0 Å². The van der Waals surface area contributed by atoms with Gasteiger partial charge in [0.2, 0.25) is 13.6 Å². The fourth-order valence-electron chi connectivity index (χ4n) is 5.98. The lowest BCUT2D eigenvalue weighted by Crippen LogP contribution is -2.41. The van der Waals surface area contributed by atoms with Crippen LogP contribution >= 0.6 is 0 Å². The number of likely N-dealkylation sites (tertiary alicyclic amines) is 1. The van der Waals surface area contributed by atoms with Crippen LogP contribution in [0.3, 0.4) is 0 Å². The van der Waals surface area contributed by atoms with Crippen molar-refractivity contribution < 1.29 is 24.1 Å². The van der Waals surface area contributed by atoms with E-state index in [1.54, 1.807) is 0 Å². The normalized spacial score (nSPS) is 21.1. The minimum Gasteiger partial charge on any atom is -0.454 e. The van der Waals surface area contributed by atoms with Crippen LogP contribution in [0.1, 0.15) is 48.4 Å². The van der Waals surface area contributed by atoms with Crippen LogP contribution in [-0.2, 0) is 12.8 Å². The van der Waals surface area contributed by atoms with Gasteiger partial charge < -0.3 is 24.1 Å². The number of hydrogen-bond donors (Lipinski definition) is 1. The Labute approximate surface area is 212 Å². The average molecular weight is 488 g/mol. The van der Waals surface area contributed by atoms with E-state index in [9.17, 15) is 5.11 Å². The predicted octanol–water partition coefficient (Wildman–Crippen LogP) is 5.28. The largest absolute Gasteiger partial charge is 0.454 e. The van der Waals surface area contributed by atoms with E-state index in [1.807, 2.05) is 18.2 Å². The summed E-state index contributed by atoms with van der Waals surface area (Å²) in [5, 5.41) is 10.6. The molecule has 3 aromatic carbocycles. The molecule has 3 aromatic rings. The second kappa shape index (κ2) is 10.4. The monoisotopic (exact) mass is 487 g/mol. The molecule has 6 rings (SSSR count). The fraction of sp³-hybridized carbons (Fsp3) is 0.400. The van der Waals surface area contributed by atoms with Gasteiger partial charge in [-0.15, -0.1) is 0 Å². The maximum Gasteiger partial charge on any atom is 0.231 e. The second-order valence-electron chi connectivity index (χ2n) is 9.89. The smallest absolute Gasteiger partial charge is 0.231 e. The molecule has 0 saturated carbocycles. The van der Waals surface area contributed by atoms with Crippen molar-refractivity contribution in [3.63, 3.8) is 0 Å². The van der Waals surface area contributed by atoms with Crippen LogP contribution in [-0.4, -0.2) is 42.3 Å². The molecule has 0 bridgehead atoms. The van der Waals surface area contributed by atoms with Crippen molar-refractivity contribution in [2.75, 3.05) is 20.2 Å². The first-order chi connectivity index (χ1) is 17.8. The minimum absolute atomic E-state index is 0.00259. The van der Waals surface area contributed by atoms with E-state index >= 15 is 0 Å². The van der Waals surface area contributed by atoms with Gasteiger partial charge in [-0.1, -0.05) is 42.5 Å². The van der Waals surface area contributed by atoms with E-state index in [1.165, 1.54) is 16.7 Å². The molecule has 0 aliphatic carbocycles. The maximum absolute atomic E-state index is 10.6. The second-order valence-corrected chi connectivity index (χ2v) is 9.89. The summed E-state index contributed by atoms with van der Waals surface area (Å²) in [6.07, 6.45) is 6.31. The summed E-state index contributed by atoms with van der Waals surface area (Å²) in [4.78, 5) is 2.61. The van der Waals surface area contributed by atoms with Crippen molar-refractivity contribution in [1.82, 2.24) is 4.90 Å². The first-order valence-electron chi connectivity index (χ1n) is 13.0. The third-order valence-corrected chi connectivity index (χ3v) is 7.80. The Hall–Kier alpha value is -3.22. The van der Waals surface area contributed by atoms with Crippen LogP contribution in [0.2, 0.25) is 0 Å². The van der Waals surface area contributed by atoms with E-state index in [0.29, 0.717) is 25.7 Å². The zero-order valence-corrected chi connectivity index (χ0v) is 20.5. The van der Waals surface area contributed by atoms with Gasteiger partial charge in [-0.3, -0.25) is 4.90 Å². The van der Waals surface area contributed by atoms with Crippen molar-refractivity contribution in [1.29, 1.82) is 0 Å². The molecule has 0 radical (unpaired) electrons. The van der Waals surface area contributed by atoms with Crippen molar-refractivity contribution in [3.05, 3.63) is 83.4 Å². The highest BCUT2D eigenvalue weighted by Crippen LogP contribution is 2.39. The quantitative estimate of drug-likeness (QED) is 0.443. The Morgan fingerprint density at radius 3 is 1.75 bits per heavy atom. The predicted molar refractivity (Wildman–Crippen MR) is 137 cm³/mol. The van der Waals surface area contributed by atoms with Crippen LogP contribution in [0, 0.1) is 0 Å². The molecule has 3 aliphatic heterocycles. The highest BCUT2D eigenvalue weighted by atomic mass is 16.7. The maximum atomic E-state index is 10.6. The van der Waals surface area contributed by atoms with E-state index in [-0.39, 0.29) is 12.6 Å². The molecule has 36 heavy (non-hydrogen) atoms. The number of nitrogens with zero attached hydrogens (tertiary/aromatic N) is 1. The number of benzene rings is 3. The SMILES string of the molecule is OC[C@@H](c1ccccc1)N1[C@H](CCc2ccc3c(c2)OCO3)CC[C@H]1CCc1ccc2c(c1)OCO2. The number of aliphatic hydroxyl groups is 1. The van der Waals surface area contributed by atoms with Crippen LogP contribution in [0.25, 0.3) is 0 Å². The molecule has 0 amide bonds. The molecule has 0 spiro atoms. The van der Waals surface area contributed by atoms with E-state index in [0.717, 1.165) is 61.5 Å². The Bertz CT molecular complexity index is 1110. The van der Waals surface area contributed by atoms with E-state index in [2.05, 4.69) is 53.4 Å². The van der Waals surface area contributed by atoms with Gasteiger partial charge in [0.25, 0.3) is 0 Å². The molecule has 6 nitrogen and oxygen atoms in total. The molecule has 0 unspecified atom stereocenters. The Morgan fingerprint density at radius 1 is 0.694 bits per heavy atom. The summed E-state index contributed by atoms with van der Waals surface area (Å²) in [7, 11) is 0. The number of aryl methyl sites for hydroxylation is 2. The zero-order chi connectivity index (χ0) is 24.3. The Morgan fingerprint density at radius 2 is 1.22 bits per heavy atom. The summed E-state index contributed by atoms with van der Waals surface area (Å²) in [5.74, 6) is 3.34. The van der Waals surface area contributed by atoms with Crippen LogP contribution in [0.15, 0.2) is 66.7 Å². The van der Waals surface area contributed by atoms with Crippen LogP contribution < -0.4 is 18.9 Å². The molecule has 188 valence electrons. The van der Waals surface area contributed by atoms with Gasteiger partial charge >= 0.3 is 0 Å². The topological polar surface area (TPSA) is 60.4 Å². The van der Waals surface area contributed by atoms with Gasteiger partial charge in [0.15, 0.2) is 23.0 Å². The minimum atomic E-state index is -0.00259. The third-order valence-electron chi connectivity index (χ3n) is 7.80. The summed E-state index contributed by atoms with van der Waals surface area (Å²) < 4.78 is 22.1. The van der Waals surface area contributed by atoms with Crippen LogP contribution in [0.4, 0.5) is 0 Å². The molecule has 6 heteroatoms. The van der Waals surface area contributed by atoms with Gasteiger partial charge in [-0.05, 0) is 79.5 Å². The molecule has 3 atom stereocenters. The van der Waals surface area contributed by atoms with Gasteiger partial charge in [0, 0.05) is 12.1 Å². The number of fused-ring (bicyclic) bond motifs is 2. The lowest BCUT2D eigenvalue weighted by Gasteiger charge is -2.37. The van der Waals surface area contributed by atoms with Crippen molar-refractivity contribution in [3.8, 4) is 23.0 Å². The first kappa shape index (κ1) is 23.2. The Kier molecular flexibility index (Phi) is 6.71. The lowest BCUT2D eigenvalue weighted by atomic mass is 9.99. The van der Waals surface area contributed by atoms with E-state index in [4.69, 9.17) is 18.9 Å². The zero-order valence-electron chi connectivity index (χ0n) is 20.5. The summed E-state index contributed by atoms with van der Waals surface area (Å²) in [5.41, 5.74) is 3.72. The molecular weight excluding hydrogens is 454 g/mol. The first-order valence-corrected chi connectivity index (χ1v) is 13.0. The standard InChI is InChI=1S/C30H33NO5/c32-18-26(23-4-2-1-3-5-23)31-24(10-6-21-8-14-27-29(16-21)35-19-33-27)12-13-25(31)11-7-22-9-15-28-30(17-22)36-20-34-28/h1-5,8-9,14-17,24-26,32H,6-7,10-13,18-20H2/t24-,25-,26+/m1/s1. The summed E-state index contributed by atoms with van der Waals surface area (Å²) >= 11 is 0. The third kappa shape index (κ3) is 4.75. The Balaban J connectivity index is 1.19. The molecule has 3 aliphatic rings. The van der Waals surface area contributed by atoms with E-state index < -0.39 is 0 Å². The molecule has 1 N–H and O–H groups in total. The highest BCUT2D eigenvalue weighted by Gasteiger charge is 2.38. The van der Waals surface area contributed by atoms with Gasteiger partial charge in [0.1, 0.15) is 0 Å². The van der Waals surface area contributed by atoms with Crippen molar-refractivity contribution >= 4 is 0 Å². The molecule has 0 aromatic heterocycles.